The predicted molar refractivity (Wildman–Crippen MR) is 85.3 cm³/mol. The smallest absolute Gasteiger partial charge is 0.225 e. The first-order chi connectivity index (χ1) is 10.1. The molecular weight excluding hydrogens is 266 g/mol. The predicted octanol–water partition coefficient (Wildman–Crippen LogP) is 2.02. The van der Waals surface area contributed by atoms with E-state index in [-0.39, 0.29) is 5.91 Å². The molecule has 0 bridgehead atoms. The van der Waals surface area contributed by atoms with Gasteiger partial charge in [-0.15, -0.1) is 0 Å². The molecule has 21 heavy (non-hydrogen) atoms. The number of amides is 1. The summed E-state index contributed by atoms with van der Waals surface area (Å²) in [6, 6.07) is 6.10. The standard InChI is InChI=1S/C16H25N3O2/c1-12-14(17)4-3-5-15(12)18-16(20)6-9-19(2)13-7-10-21-11-8-13/h3-5,13H,6-11,17H2,1-2H3,(H,18,20). The van der Waals surface area contributed by atoms with Crippen molar-refractivity contribution in [3.8, 4) is 0 Å². The maximum Gasteiger partial charge on any atom is 0.225 e. The lowest BCUT2D eigenvalue weighted by atomic mass is 10.1. The summed E-state index contributed by atoms with van der Waals surface area (Å²) in [5.74, 6) is 0.0302. The Morgan fingerprint density at radius 2 is 2.14 bits per heavy atom. The molecule has 0 saturated carbocycles. The number of carbonyl (C=O) groups excluding carboxylic acids is 1. The zero-order chi connectivity index (χ0) is 15.2. The number of rotatable bonds is 5. The fourth-order valence-corrected chi connectivity index (χ4v) is 2.59. The molecule has 1 aliphatic rings. The Morgan fingerprint density at radius 3 is 2.86 bits per heavy atom. The molecule has 5 heteroatoms. The first-order valence-electron chi connectivity index (χ1n) is 7.51. The summed E-state index contributed by atoms with van der Waals surface area (Å²) in [7, 11) is 2.08. The van der Waals surface area contributed by atoms with E-state index in [1.807, 2.05) is 25.1 Å². The minimum atomic E-state index is 0.0302. The minimum Gasteiger partial charge on any atom is -0.398 e. The number of carbonyl (C=O) groups is 1. The van der Waals surface area contributed by atoms with Crippen LogP contribution in [0.2, 0.25) is 0 Å². The van der Waals surface area contributed by atoms with Crippen molar-refractivity contribution in [2.75, 3.05) is 37.9 Å². The van der Waals surface area contributed by atoms with Crippen molar-refractivity contribution in [2.45, 2.75) is 32.2 Å². The van der Waals surface area contributed by atoms with Crippen LogP contribution < -0.4 is 11.1 Å². The second-order valence-electron chi connectivity index (χ2n) is 5.64. The van der Waals surface area contributed by atoms with Crippen LogP contribution in [0.3, 0.4) is 0 Å². The minimum absolute atomic E-state index is 0.0302. The van der Waals surface area contributed by atoms with Gasteiger partial charge in [0.05, 0.1) is 0 Å². The summed E-state index contributed by atoms with van der Waals surface area (Å²) in [6.45, 7) is 4.32. The van der Waals surface area contributed by atoms with E-state index in [1.165, 1.54) is 0 Å². The number of anilines is 2. The van der Waals surface area contributed by atoms with Gasteiger partial charge in [-0.1, -0.05) is 6.07 Å². The number of benzene rings is 1. The molecule has 1 aromatic carbocycles. The van der Waals surface area contributed by atoms with Crippen LogP contribution in [0.5, 0.6) is 0 Å². The molecule has 116 valence electrons. The summed E-state index contributed by atoms with van der Waals surface area (Å²) in [5, 5.41) is 2.94. The molecule has 2 rings (SSSR count). The van der Waals surface area contributed by atoms with E-state index in [1.54, 1.807) is 0 Å². The summed E-state index contributed by atoms with van der Waals surface area (Å²) in [5.41, 5.74) is 8.27. The molecular formula is C16H25N3O2. The van der Waals surface area contributed by atoms with Crippen molar-refractivity contribution in [3.63, 3.8) is 0 Å². The number of nitrogens with two attached hydrogens (primary N) is 1. The molecule has 0 radical (unpaired) electrons. The van der Waals surface area contributed by atoms with Crippen molar-refractivity contribution in [1.29, 1.82) is 0 Å². The Balaban J connectivity index is 1.80. The first-order valence-corrected chi connectivity index (χ1v) is 7.51. The summed E-state index contributed by atoms with van der Waals surface area (Å²) < 4.78 is 5.36. The highest BCUT2D eigenvalue weighted by molar-refractivity contribution is 5.92. The monoisotopic (exact) mass is 291 g/mol. The fourth-order valence-electron chi connectivity index (χ4n) is 2.59. The third-order valence-electron chi connectivity index (χ3n) is 4.16. The quantitative estimate of drug-likeness (QED) is 0.814. The second-order valence-corrected chi connectivity index (χ2v) is 5.64. The van der Waals surface area contributed by atoms with Crippen LogP contribution >= 0.6 is 0 Å². The normalized spacial score (nSPS) is 16.1. The molecule has 1 aromatic rings. The Labute approximate surface area is 126 Å². The van der Waals surface area contributed by atoms with Gasteiger partial charge in [0.2, 0.25) is 5.91 Å². The van der Waals surface area contributed by atoms with Gasteiger partial charge < -0.3 is 20.7 Å². The second kappa shape index (κ2) is 7.43. The summed E-state index contributed by atoms with van der Waals surface area (Å²) in [4.78, 5) is 14.3. The lowest BCUT2D eigenvalue weighted by Gasteiger charge is -2.30. The number of nitrogens with one attached hydrogen (secondary N) is 1. The Kier molecular flexibility index (Phi) is 5.59. The highest BCUT2D eigenvalue weighted by Crippen LogP contribution is 2.20. The van der Waals surface area contributed by atoms with Gasteiger partial charge in [0.15, 0.2) is 0 Å². The van der Waals surface area contributed by atoms with Crippen molar-refractivity contribution in [3.05, 3.63) is 23.8 Å². The number of hydrogen-bond acceptors (Lipinski definition) is 4. The largest absolute Gasteiger partial charge is 0.398 e. The lowest BCUT2D eigenvalue weighted by Crippen LogP contribution is -2.38. The maximum atomic E-state index is 12.1. The van der Waals surface area contributed by atoms with Crippen LogP contribution in [-0.2, 0) is 9.53 Å². The van der Waals surface area contributed by atoms with Crippen LogP contribution in [0.4, 0.5) is 11.4 Å². The van der Waals surface area contributed by atoms with Gasteiger partial charge in [-0.2, -0.15) is 0 Å². The summed E-state index contributed by atoms with van der Waals surface area (Å²) in [6.07, 6.45) is 2.58. The molecule has 3 N–H and O–H groups in total. The van der Waals surface area contributed by atoms with E-state index in [0.717, 1.165) is 43.9 Å². The SMILES string of the molecule is Cc1c(N)cccc1NC(=O)CCN(C)C1CCOCC1. The first kappa shape index (κ1) is 15.8. The average molecular weight is 291 g/mol. The van der Waals surface area contributed by atoms with E-state index in [0.29, 0.717) is 18.2 Å². The highest BCUT2D eigenvalue weighted by Gasteiger charge is 2.18. The van der Waals surface area contributed by atoms with E-state index in [9.17, 15) is 4.79 Å². The molecule has 1 saturated heterocycles. The van der Waals surface area contributed by atoms with Gasteiger partial charge >= 0.3 is 0 Å². The van der Waals surface area contributed by atoms with Gasteiger partial charge in [-0.3, -0.25) is 4.79 Å². The molecule has 1 heterocycles. The van der Waals surface area contributed by atoms with Crippen LogP contribution in [0.15, 0.2) is 18.2 Å². The van der Waals surface area contributed by atoms with Crippen molar-refractivity contribution < 1.29 is 9.53 Å². The number of hydrogen-bond donors (Lipinski definition) is 2. The highest BCUT2D eigenvalue weighted by atomic mass is 16.5. The molecule has 5 nitrogen and oxygen atoms in total. The third-order valence-corrected chi connectivity index (χ3v) is 4.16. The number of nitrogen functional groups attached to an aromatic ring is 1. The molecule has 0 atom stereocenters. The molecule has 0 aromatic heterocycles. The Morgan fingerprint density at radius 1 is 1.43 bits per heavy atom. The van der Waals surface area contributed by atoms with Crippen molar-refractivity contribution in [1.82, 2.24) is 4.90 Å². The van der Waals surface area contributed by atoms with Crippen LogP contribution in [-0.4, -0.2) is 43.7 Å². The number of ether oxygens (including phenoxy) is 1. The maximum absolute atomic E-state index is 12.1. The van der Waals surface area contributed by atoms with Crippen molar-refractivity contribution in [2.24, 2.45) is 0 Å². The zero-order valence-corrected chi connectivity index (χ0v) is 12.9. The average Bonchev–Trinajstić information content (AvgIpc) is 2.50. The van der Waals surface area contributed by atoms with Crippen LogP contribution in [0, 0.1) is 6.92 Å². The van der Waals surface area contributed by atoms with E-state index >= 15 is 0 Å². The molecule has 0 unspecified atom stereocenters. The molecule has 1 fully saturated rings. The topological polar surface area (TPSA) is 67.6 Å². The van der Waals surface area contributed by atoms with E-state index < -0.39 is 0 Å². The number of nitrogens with zero attached hydrogens (tertiary/aromatic N) is 1. The zero-order valence-electron chi connectivity index (χ0n) is 12.9. The molecule has 1 aliphatic heterocycles. The fraction of sp³-hybridized carbons (Fsp3) is 0.562. The molecule has 0 spiro atoms. The van der Waals surface area contributed by atoms with E-state index in [4.69, 9.17) is 10.5 Å². The Hall–Kier alpha value is -1.59. The van der Waals surface area contributed by atoms with Gasteiger partial charge in [0.1, 0.15) is 0 Å². The van der Waals surface area contributed by atoms with Gasteiger partial charge in [0.25, 0.3) is 0 Å². The van der Waals surface area contributed by atoms with Crippen molar-refractivity contribution >= 4 is 17.3 Å². The lowest BCUT2D eigenvalue weighted by molar-refractivity contribution is -0.116. The molecule has 0 aliphatic carbocycles. The third kappa shape index (κ3) is 4.44. The van der Waals surface area contributed by atoms with Gasteiger partial charge in [-0.25, -0.2) is 0 Å². The van der Waals surface area contributed by atoms with Gasteiger partial charge in [0, 0.05) is 43.6 Å². The van der Waals surface area contributed by atoms with Crippen LogP contribution in [0.25, 0.3) is 0 Å². The van der Waals surface area contributed by atoms with Gasteiger partial charge in [-0.05, 0) is 44.5 Å². The van der Waals surface area contributed by atoms with E-state index in [2.05, 4.69) is 17.3 Å². The van der Waals surface area contributed by atoms with Crippen LogP contribution in [0.1, 0.15) is 24.8 Å². The molecule has 1 amide bonds. The summed E-state index contributed by atoms with van der Waals surface area (Å²) >= 11 is 0. The Bertz CT molecular complexity index is 484.